The molecule has 0 spiro atoms. The third-order valence-corrected chi connectivity index (χ3v) is 2.09. The summed E-state index contributed by atoms with van der Waals surface area (Å²) in [6, 6.07) is 0. The normalized spacial score (nSPS) is 15.2. The first kappa shape index (κ1) is 7.97. The largest absolute Gasteiger partial charge is 0.465 e. The number of carbonyl (C=O) groups is 1. The predicted molar refractivity (Wildman–Crippen MR) is 44.2 cm³/mol. The zero-order valence-electron chi connectivity index (χ0n) is 6.97. The van der Waals surface area contributed by atoms with Gasteiger partial charge in [-0.2, -0.15) is 0 Å². The maximum Gasteiger partial charge on any atom is 0.407 e. The lowest BCUT2D eigenvalue weighted by molar-refractivity contribution is 0.138. The van der Waals surface area contributed by atoms with Crippen LogP contribution in [0.5, 0.6) is 0 Å². The molecule has 0 bridgehead atoms. The maximum absolute atomic E-state index is 10.6. The highest BCUT2D eigenvalue weighted by molar-refractivity contribution is 5.65. The van der Waals surface area contributed by atoms with Gasteiger partial charge in [0.15, 0.2) is 0 Å². The van der Waals surface area contributed by atoms with Crippen molar-refractivity contribution in [3.05, 3.63) is 23.8 Å². The molecule has 5 nitrogen and oxygen atoms in total. The second-order valence-electron chi connectivity index (χ2n) is 2.90. The second-order valence-corrected chi connectivity index (χ2v) is 2.90. The van der Waals surface area contributed by atoms with E-state index in [0.29, 0.717) is 19.5 Å². The van der Waals surface area contributed by atoms with Crippen LogP contribution in [0.3, 0.4) is 0 Å². The first-order chi connectivity index (χ1) is 6.27. The molecule has 1 aromatic rings. The summed E-state index contributed by atoms with van der Waals surface area (Å²) in [5.41, 5.74) is 1.69. The smallest absolute Gasteiger partial charge is 0.407 e. The number of aromatic nitrogens is 2. The topological polar surface area (TPSA) is 66.3 Å². The lowest BCUT2D eigenvalue weighted by Crippen LogP contribution is -2.35. The minimum absolute atomic E-state index is 0.360. The minimum atomic E-state index is -0.892. The molecule has 0 atom stereocenters. The van der Waals surface area contributed by atoms with Crippen LogP contribution in [0, 0.1) is 0 Å². The van der Waals surface area contributed by atoms with E-state index in [-0.39, 0.29) is 0 Å². The van der Waals surface area contributed by atoms with Crippen LogP contribution in [0.2, 0.25) is 0 Å². The van der Waals surface area contributed by atoms with Crippen molar-refractivity contribution < 1.29 is 9.90 Å². The predicted octanol–water partition coefficient (Wildman–Crippen LogP) is 0.513. The summed E-state index contributed by atoms with van der Waals surface area (Å²) >= 11 is 0. The van der Waals surface area contributed by atoms with Crippen molar-refractivity contribution in [2.24, 2.45) is 0 Å². The Hall–Kier alpha value is -1.65. The van der Waals surface area contributed by atoms with E-state index in [4.69, 9.17) is 5.11 Å². The fourth-order valence-electron chi connectivity index (χ4n) is 1.40. The van der Waals surface area contributed by atoms with Gasteiger partial charge in [0.1, 0.15) is 0 Å². The van der Waals surface area contributed by atoms with Crippen molar-refractivity contribution in [3.63, 3.8) is 0 Å². The van der Waals surface area contributed by atoms with Crippen LogP contribution in [0.4, 0.5) is 4.79 Å². The molecular formula is C8H9N3O2. The van der Waals surface area contributed by atoms with Gasteiger partial charge in [-0.1, -0.05) is 0 Å². The van der Waals surface area contributed by atoms with Crippen LogP contribution in [0.15, 0.2) is 12.4 Å². The summed E-state index contributed by atoms with van der Waals surface area (Å²) in [5.74, 6) is 0. The molecule has 1 aliphatic heterocycles. The van der Waals surface area contributed by atoms with Gasteiger partial charge < -0.3 is 10.0 Å². The average Bonchev–Trinajstić information content (AvgIpc) is 2.17. The second kappa shape index (κ2) is 3.01. The Labute approximate surface area is 75.0 Å². The standard InChI is InChI=1S/C8H9N3O2/c12-8(13)11-4-1-6-7(5-11)10-3-2-9-6/h2-3H,1,4-5H2,(H,12,13). The van der Waals surface area contributed by atoms with E-state index < -0.39 is 6.09 Å². The Morgan fingerprint density at radius 2 is 2.08 bits per heavy atom. The molecule has 0 saturated heterocycles. The molecule has 0 radical (unpaired) electrons. The molecule has 1 N–H and O–H groups in total. The molecule has 2 heterocycles. The van der Waals surface area contributed by atoms with Gasteiger partial charge in [0.05, 0.1) is 17.9 Å². The summed E-state index contributed by atoms with van der Waals surface area (Å²) in [6.07, 6.45) is 2.99. The van der Waals surface area contributed by atoms with Crippen molar-refractivity contribution >= 4 is 6.09 Å². The molecule has 1 amide bonds. The molecule has 1 aromatic heterocycles. The molecule has 0 aliphatic carbocycles. The highest BCUT2D eigenvalue weighted by Gasteiger charge is 2.20. The van der Waals surface area contributed by atoms with Crippen LogP contribution < -0.4 is 0 Å². The Balaban J connectivity index is 2.24. The third-order valence-electron chi connectivity index (χ3n) is 2.09. The number of fused-ring (bicyclic) bond motifs is 1. The molecule has 2 rings (SSSR count). The van der Waals surface area contributed by atoms with Gasteiger partial charge in [0.25, 0.3) is 0 Å². The number of carboxylic acid groups (broad SMARTS) is 1. The zero-order chi connectivity index (χ0) is 9.26. The summed E-state index contributed by atoms with van der Waals surface area (Å²) in [6.45, 7) is 0.875. The maximum atomic E-state index is 10.6. The van der Waals surface area contributed by atoms with Gasteiger partial charge in [-0.25, -0.2) is 4.79 Å². The molecule has 0 aromatic carbocycles. The zero-order valence-corrected chi connectivity index (χ0v) is 6.97. The van der Waals surface area contributed by atoms with Crippen molar-refractivity contribution in [1.82, 2.24) is 14.9 Å². The van der Waals surface area contributed by atoms with Gasteiger partial charge in [0.2, 0.25) is 0 Å². The Morgan fingerprint density at radius 1 is 1.38 bits per heavy atom. The molecule has 5 heteroatoms. The Kier molecular flexibility index (Phi) is 1.84. The van der Waals surface area contributed by atoms with E-state index in [1.165, 1.54) is 4.90 Å². The lowest BCUT2D eigenvalue weighted by atomic mass is 10.1. The summed E-state index contributed by atoms with van der Waals surface area (Å²) < 4.78 is 0. The van der Waals surface area contributed by atoms with Crippen molar-refractivity contribution in [2.45, 2.75) is 13.0 Å². The van der Waals surface area contributed by atoms with Crippen molar-refractivity contribution in [2.75, 3.05) is 6.54 Å². The van der Waals surface area contributed by atoms with Crippen LogP contribution in [-0.4, -0.2) is 32.6 Å². The molecule has 1 aliphatic rings. The molecule has 0 fully saturated rings. The first-order valence-electron chi connectivity index (χ1n) is 4.04. The molecule has 13 heavy (non-hydrogen) atoms. The van der Waals surface area contributed by atoms with E-state index in [1.54, 1.807) is 12.4 Å². The fourth-order valence-corrected chi connectivity index (χ4v) is 1.40. The van der Waals surface area contributed by atoms with Crippen molar-refractivity contribution in [1.29, 1.82) is 0 Å². The Morgan fingerprint density at radius 3 is 2.77 bits per heavy atom. The molecule has 68 valence electrons. The van der Waals surface area contributed by atoms with E-state index in [2.05, 4.69) is 9.97 Å². The highest BCUT2D eigenvalue weighted by Crippen LogP contribution is 2.13. The van der Waals surface area contributed by atoms with Gasteiger partial charge in [0, 0.05) is 25.4 Å². The van der Waals surface area contributed by atoms with E-state index >= 15 is 0 Å². The third kappa shape index (κ3) is 1.44. The van der Waals surface area contributed by atoms with E-state index in [9.17, 15) is 4.79 Å². The number of hydrogen-bond donors (Lipinski definition) is 1. The summed E-state index contributed by atoms with van der Waals surface area (Å²) in [4.78, 5) is 20.2. The van der Waals surface area contributed by atoms with Gasteiger partial charge in [-0.15, -0.1) is 0 Å². The minimum Gasteiger partial charge on any atom is -0.465 e. The highest BCUT2D eigenvalue weighted by atomic mass is 16.4. The number of amides is 1. The fraction of sp³-hybridized carbons (Fsp3) is 0.375. The van der Waals surface area contributed by atoms with Crippen LogP contribution >= 0.6 is 0 Å². The van der Waals surface area contributed by atoms with E-state index in [0.717, 1.165) is 11.4 Å². The first-order valence-corrected chi connectivity index (χ1v) is 4.04. The number of hydrogen-bond acceptors (Lipinski definition) is 3. The van der Waals surface area contributed by atoms with Crippen molar-refractivity contribution in [3.8, 4) is 0 Å². The summed E-state index contributed by atoms with van der Waals surface area (Å²) in [7, 11) is 0. The monoisotopic (exact) mass is 179 g/mol. The SMILES string of the molecule is O=C(O)N1CCc2nccnc2C1. The van der Waals surface area contributed by atoms with Crippen LogP contribution in [0.25, 0.3) is 0 Å². The molecule has 0 unspecified atom stereocenters. The van der Waals surface area contributed by atoms with Crippen LogP contribution in [-0.2, 0) is 13.0 Å². The van der Waals surface area contributed by atoms with Gasteiger partial charge >= 0.3 is 6.09 Å². The Bertz CT molecular complexity index is 340. The number of rotatable bonds is 0. The summed E-state index contributed by atoms with van der Waals surface area (Å²) in [5, 5.41) is 8.74. The average molecular weight is 179 g/mol. The molecule has 0 saturated carbocycles. The quantitative estimate of drug-likeness (QED) is 0.630. The van der Waals surface area contributed by atoms with Gasteiger partial charge in [-0.3, -0.25) is 9.97 Å². The lowest BCUT2D eigenvalue weighted by Gasteiger charge is -2.24. The van der Waals surface area contributed by atoms with Gasteiger partial charge in [-0.05, 0) is 0 Å². The van der Waals surface area contributed by atoms with Crippen LogP contribution in [0.1, 0.15) is 11.4 Å². The number of nitrogens with zero attached hydrogens (tertiary/aromatic N) is 3. The van der Waals surface area contributed by atoms with E-state index in [1.807, 2.05) is 0 Å². The molecular weight excluding hydrogens is 170 g/mol.